The smallest absolute Gasteiger partial charge is 0.352 e. The van der Waals surface area contributed by atoms with Gasteiger partial charge in [0.2, 0.25) is 0 Å². The SMILES string of the molecule is COc1cc(C(C)(C)C)c(O[Si](c2ccccc2)c2ccccc2)c(OC)c1Br. The van der Waals surface area contributed by atoms with Crippen molar-refractivity contribution < 1.29 is 13.9 Å². The summed E-state index contributed by atoms with van der Waals surface area (Å²) < 4.78 is 19.0. The molecular formula is C24H26BrO3Si. The maximum atomic E-state index is 6.84. The van der Waals surface area contributed by atoms with E-state index in [-0.39, 0.29) is 5.41 Å². The van der Waals surface area contributed by atoms with Crippen LogP contribution in [-0.2, 0) is 5.41 Å². The van der Waals surface area contributed by atoms with Crippen molar-refractivity contribution in [1.82, 2.24) is 0 Å². The minimum Gasteiger partial charge on any atom is -0.530 e. The maximum absolute atomic E-state index is 6.84. The van der Waals surface area contributed by atoms with Gasteiger partial charge in [-0.3, -0.25) is 0 Å². The van der Waals surface area contributed by atoms with Crippen LogP contribution in [-0.4, -0.2) is 23.3 Å². The van der Waals surface area contributed by atoms with Crippen molar-refractivity contribution in [2.24, 2.45) is 0 Å². The number of hydrogen-bond acceptors (Lipinski definition) is 3. The molecule has 3 aromatic carbocycles. The summed E-state index contributed by atoms with van der Waals surface area (Å²) in [6.07, 6.45) is 0. The van der Waals surface area contributed by atoms with Crippen molar-refractivity contribution in [3.05, 3.63) is 76.8 Å². The standard InChI is InChI=1S/C24H26BrO3Si/c1-24(2,3)19-16-20(26-4)21(25)23(27-5)22(19)28-29(17-12-8-6-9-13-17)18-14-10-7-11-15-18/h6-16H,1-5H3. The molecule has 5 heteroatoms. The average molecular weight is 470 g/mol. The van der Waals surface area contributed by atoms with Crippen LogP contribution in [0.2, 0.25) is 0 Å². The number of methoxy groups -OCH3 is 2. The minimum absolute atomic E-state index is 0.156. The molecule has 29 heavy (non-hydrogen) atoms. The summed E-state index contributed by atoms with van der Waals surface area (Å²) in [5.41, 5.74) is 0.889. The second-order valence-corrected chi connectivity index (χ2v) is 10.5. The van der Waals surface area contributed by atoms with Crippen molar-refractivity contribution in [3.8, 4) is 17.2 Å². The van der Waals surface area contributed by atoms with E-state index in [1.807, 2.05) is 18.2 Å². The Morgan fingerprint density at radius 3 is 1.69 bits per heavy atom. The van der Waals surface area contributed by atoms with E-state index in [1.165, 1.54) is 10.4 Å². The van der Waals surface area contributed by atoms with Crippen LogP contribution >= 0.6 is 15.9 Å². The minimum atomic E-state index is -1.54. The van der Waals surface area contributed by atoms with Crippen LogP contribution in [0.15, 0.2) is 71.2 Å². The molecule has 0 heterocycles. The first-order valence-corrected chi connectivity index (χ1v) is 11.7. The Hall–Kier alpha value is -2.24. The lowest BCUT2D eigenvalue weighted by Crippen LogP contribution is -2.47. The molecule has 0 bridgehead atoms. The Morgan fingerprint density at radius 2 is 1.28 bits per heavy atom. The summed E-state index contributed by atoms with van der Waals surface area (Å²) >= 11 is 3.64. The summed E-state index contributed by atoms with van der Waals surface area (Å²) in [4.78, 5) is 0. The van der Waals surface area contributed by atoms with E-state index in [0.717, 1.165) is 21.5 Å². The zero-order chi connectivity index (χ0) is 21.0. The monoisotopic (exact) mass is 469 g/mol. The zero-order valence-electron chi connectivity index (χ0n) is 17.5. The van der Waals surface area contributed by atoms with Gasteiger partial charge in [-0.25, -0.2) is 0 Å². The first-order valence-electron chi connectivity index (χ1n) is 9.47. The van der Waals surface area contributed by atoms with E-state index in [2.05, 4.69) is 85.2 Å². The van der Waals surface area contributed by atoms with Crippen molar-refractivity contribution in [3.63, 3.8) is 0 Å². The number of ether oxygens (including phenoxy) is 2. The Morgan fingerprint density at radius 1 is 0.759 bits per heavy atom. The van der Waals surface area contributed by atoms with Gasteiger partial charge in [0.05, 0.1) is 14.2 Å². The van der Waals surface area contributed by atoms with E-state index >= 15 is 0 Å². The largest absolute Gasteiger partial charge is 0.530 e. The van der Waals surface area contributed by atoms with Gasteiger partial charge in [0.25, 0.3) is 0 Å². The molecule has 0 atom stereocenters. The Balaban J connectivity index is 2.21. The number of halogens is 1. The first kappa shape index (κ1) is 21.5. The van der Waals surface area contributed by atoms with E-state index in [0.29, 0.717) is 5.75 Å². The predicted molar refractivity (Wildman–Crippen MR) is 124 cm³/mol. The van der Waals surface area contributed by atoms with Gasteiger partial charge in [0.1, 0.15) is 10.2 Å². The van der Waals surface area contributed by atoms with Crippen LogP contribution in [0.25, 0.3) is 0 Å². The molecule has 0 aliphatic rings. The van der Waals surface area contributed by atoms with E-state index in [1.54, 1.807) is 14.2 Å². The fourth-order valence-electron chi connectivity index (χ4n) is 3.15. The number of rotatable bonds is 6. The molecule has 0 aliphatic carbocycles. The van der Waals surface area contributed by atoms with Crippen LogP contribution in [0.5, 0.6) is 17.2 Å². The van der Waals surface area contributed by atoms with Crippen molar-refractivity contribution in [2.45, 2.75) is 26.2 Å². The molecule has 0 unspecified atom stereocenters. The molecule has 151 valence electrons. The average Bonchev–Trinajstić information content (AvgIpc) is 2.72. The number of benzene rings is 3. The molecular weight excluding hydrogens is 444 g/mol. The van der Waals surface area contributed by atoms with Crippen molar-refractivity contribution in [2.75, 3.05) is 14.2 Å². The zero-order valence-corrected chi connectivity index (χ0v) is 20.0. The van der Waals surface area contributed by atoms with Crippen LogP contribution < -0.4 is 24.3 Å². The van der Waals surface area contributed by atoms with Gasteiger partial charge in [-0.05, 0) is 37.8 Å². The maximum Gasteiger partial charge on any atom is 0.352 e. The second-order valence-electron chi connectivity index (χ2n) is 7.72. The molecule has 0 saturated carbocycles. The topological polar surface area (TPSA) is 27.7 Å². The van der Waals surface area contributed by atoms with Crippen LogP contribution in [0.4, 0.5) is 0 Å². The van der Waals surface area contributed by atoms with Gasteiger partial charge in [0.15, 0.2) is 11.5 Å². The highest BCUT2D eigenvalue weighted by Gasteiger charge is 2.31. The Kier molecular flexibility index (Phi) is 6.70. The highest BCUT2D eigenvalue weighted by molar-refractivity contribution is 9.10. The molecule has 0 amide bonds. The fourth-order valence-corrected chi connectivity index (χ4v) is 5.73. The molecule has 0 spiro atoms. The van der Waals surface area contributed by atoms with E-state index in [9.17, 15) is 0 Å². The normalized spacial score (nSPS) is 11.4. The lowest BCUT2D eigenvalue weighted by molar-refractivity contribution is 0.370. The van der Waals surface area contributed by atoms with Crippen LogP contribution in [0.3, 0.4) is 0 Å². The highest BCUT2D eigenvalue weighted by atomic mass is 79.9. The van der Waals surface area contributed by atoms with Crippen LogP contribution in [0.1, 0.15) is 26.3 Å². The summed E-state index contributed by atoms with van der Waals surface area (Å²) in [5, 5.41) is 2.36. The van der Waals surface area contributed by atoms with Gasteiger partial charge in [-0.15, -0.1) is 0 Å². The van der Waals surface area contributed by atoms with Gasteiger partial charge in [-0.2, -0.15) is 0 Å². The number of hydrogen-bond donors (Lipinski definition) is 0. The molecule has 3 rings (SSSR count). The third-order valence-corrected chi connectivity index (χ3v) is 7.52. The van der Waals surface area contributed by atoms with Gasteiger partial charge < -0.3 is 13.9 Å². The fraction of sp³-hybridized carbons (Fsp3) is 0.250. The third kappa shape index (κ3) is 4.68. The van der Waals surface area contributed by atoms with Gasteiger partial charge in [-0.1, -0.05) is 81.4 Å². The predicted octanol–water partition coefficient (Wildman–Crippen LogP) is 4.95. The summed E-state index contributed by atoms with van der Waals surface area (Å²) in [6.45, 7) is 6.50. The van der Waals surface area contributed by atoms with Crippen molar-refractivity contribution in [1.29, 1.82) is 0 Å². The quantitative estimate of drug-likeness (QED) is 0.478. The molecule has 1 radical (unpaired) electrons. The van der Waals surface area contributed by atoms with Crippen molar-refractivity contribution >= 4 is 35.3 Å². The third-order valence-electron chi connectivity index (χ3n) is 4.65. The molecule has 0 aliphatic heterocycles. The lowest BCUT2D eigenvalue weighted by atomic mass is 9.86. The molecule has 3 nitrogen and oxygen atoms in total. The Bertz CT molecular complexity index is 914. The lowest BCUT2D eigenvalue weighted by Gasteiger charge is -2.28. The molecule has 0 fully saturated rings. The molecule has 0 N–H and O–H groups in total. The second kappa shape index (κ2) is 9.05. The first-order chi connectivity index (χ1) is 13.9. The van der Waals surface area contributed by atoms with Gasteiger partial charge in [0, 0.05) is 5.56 Å². The molecule has 0 aromatic heterocycles. The van der Waals surface area contributed by atoms with E-state index in [4.69, 9.17) is 13.9 Å². The van der Waals surface area contributed by atoms with Gasteiger partial charge >= 0.3 is 9.04 Å². The Labute approximate surface area is 183 Å². The van der Waals surface area contributed by atoms with E-state index < -0.39 is 9.04 Å². The summed E-state index contributed by atoms with van der Waals surface area (Å²) in [5.74, 6) is 2.14. The molecule has 0 saturated heterocycles. The summed E-state index contributed by atoms with van der Waals surface area (Å²) in [6, 6.07) is 22.8. The van der Waals surface area contributed by atoms with Crippen LogP contribution in [0, 0.1) is 0 Å². The molecule has 3 aromatic rings. The highest BCUT2D eigenvalue weighted by Crippen LogP contribution is 2.48. The summed E-state index contributed by atoms with van der Waals surface area (Å²) in [7, 11) is 1.78.